The molecule has 0 heterocycles. The van der Waals surface area contributed by atoms with E-state index in [2.05, 4.69) is 5.32 Å². The van der Waals surface area contributed by atoms with Gasteiger partial charge in [0.25, 0.3) is 0 Å². The van der Waals surface area contributed by atoms with Gasteiger partial charge in [0, 0.05) is 17.3 Å². The summed E-state index contributed by atoms with van der Waals surface area (Å²) >= 11 is 7.41. The van der Waals surface area contributed by atoms with Crippen LogP contribution in [-0.2, 0) is 17.1 Å². The van der Waals surface area contributed by atoms with Crippen molar-refractivity contribution in [2.45, 2.75) is 12.3 Å². The summed E-state index contributed by atoms with van der Waals surface area (Å²) in [6.45, 7) is 0.342. The lowest BCUT2D eigenvalue weighted by Crippen LogP contribution is -2.24. The first-order valence-corrected chi connectivity index (χ1v) is 8.00. The van der Waals surface area contributed by atoms with E-state index in [9.17, 15) is 9.18 Å². The Morgan fingerprint density at radius 1 is 1.14 bits per heavy atom. The van der Waals surface area contributed by atoms with Crippen LogP contribution in [0.3, 0.4) is 0 Å². The molecule has 0 bridgehead atoms. The number of carbonyl (C=O) groups excluding carboxylic acids is 1. The third-order valence-corrected chi connectivity index (χ3v) is 4.01. The zero-order valence-electron chi connectivity index (χ0n) is 11.3. The molecule has 0 fully saturated rings. The van der Waals surface area contributed by atoms with Crippen molar-refractivity contribution in [1.82, 2.24) is 5.32 Å². The minimum Gasteiger partial charge on any atom is -0.351 e. The molecule has 2 aromatic rings. The van der Waals surface area contributed by atoms with E-state index >= 15 is 0 Å². The van der Waals surface area contributed by atoms with Crippen molar-refractivity contribution in [2.24, 2.45) is 0 Å². The predicted octanol–water partition coefficient (Wildman–Crippen LogP) is 4.03. The normalized spacial score (nSPS) is 10.4. The van der Waals surface area contributed by atoms with Crippen LogP contribution in [0.1, 0.15) is 11.1 Å². The van der Waals surface area contributed by atoms with Crippen LogP contribution in [0.2, 0.25) is 5.02 Å². The number of thioether (sulfide) groups is 1. The van der Waals surface area contributed by atoms with Crippen molar-refractivity contribution < 1.29 is 9.18 Å². The Kier molecular flexibility index (Phi) is 6.08. The van der Waals surface area contributed by atoms with Crippen LogP contribution in [0.4, 0.5) is 4.39 Å². The van der Waals surface area contributed by atoms with E-state index in [1.54, 1.807) is 12.1 Å². The predicted molar refractivity (Wildman–Crippen MR) is 85.9 cm³/mol. The molecule has 1 N–H and O–H groups in total. The number of nitrogens with one attached hydrogen (secondary N) is 1. The number of hydrogen-bond acceptors (Lipinski definition) is 2. The molecule has 2 rings (SSSR count). The zero-order chi connectivity index (χ0) is 15.1. The molecule has 0 spiro atoms. The fourth-order valence-electron chi connectivity index (χ4n) is 1.79. The molecule has 0 aliphatic carbocycles. The average molecular weight is 324 g/mol. The summed E-state index contributed by atoms with van der Waals surface area (Å²) in [5.74, 6) is 0.735. The monoisotopic (exact) mass is 323 g/mol. The highest BCUT2D eigenvalue weighted by atomic mass is 35.5. The molecule has 110 valence electrons. The Morgan fingerprint density at radius 2 is 1.90 bits per heavy atom. The van der Waals surface area contributed by atoms with Gasteiger partial charge in [-0.15, -0.1) is 11.8 Å². The molecule has 0 saturated heterocycles. The molecular weight excluding hydrogens is 309 g/mol. The molecule has 1 amide bonds. The van der Waals surface area contributed by atoms with Crippen molar-refractivity contribution in [3.05, 3.63) is 70.5 Å². The Hall–Kier alpha value is -1.52. The van der Waals surface area contributed by atoms with Crippen molar-refractivity contribution in [3.63, 3.8) is 0 Å². The summed E-state index contributed by atoms with van der Waals surface area (Å²) in [5.41, 5.74) is 1.84. The number of rotatable bonds is 6. The van der Waals surface area contributed by atoms with Crippen LogP contribution >= 0.6 is 23.4 Å². The van der Waals surface area contributed by atoms with Gasteiger partial charge in [-0.05, 0) is 35.4 Å². The van der Waals surface area contributed by atoms with Crippen molar-refractivity contribution in [3.8, 4) is 0 Å². The average Bonchev–Trinajstić information content (AvgIpc) is 2.45. The van der Waals surface area contributed by atoms with Gasteiger partial charge < -0.3 is 5.32 Å². The molecule has 2 aromatic carbocycles. The topological polar surface area (TPSA) is 29.1 Å². The quantitative estimate of drug-likeness (QED) is 0.869. The van der Waals surface area contributed by atoms with Gasteiger partial charge in [0.15, 0.2) is 0 Å². The summed E-state index contributed by atoms with van der Waals surface area (Å²) in [7, 11) is 0. The highest BCUT2D eigenvalue weighted by Gasteiger charge is 2.03. The Balaban J connectivity index is 1.70. The molecule has 0 aliphatic rings. The van der Waals surface area contributed by atoms with E-state index in [0.717, 1.165) is 16.9 Å². The molecule has 0 radical (unpaired) electrons. The maximum Gasteiger partial charge on any atom is 0.230 e. The number of hydrogen-bond donors (Lipinski definition) is 1. The minimum atomic E-state index is -0.294. The second-order valence-corrected chi connectivity index (χ2v) is 5.95. The van der Waals surface area contributed by atoms with Gasteiger partial charge in [0.2, 0.25) is 5.91 Å². The first-order chi connectivity index (χ1) is 10.1. The van der Waals surface area contributed by atoms with Crippen molar-refractivity contribution in [2.75, 3.05) is 5.75 Å². The van der Waals surface area contributed by atoms with E-state index in [0.29, 0.717) is 17.3 Å². The number of carbonyl (C=O) groups is 1. The Morgan fingerprint density at radius 3 is 2.67 bits per heavy atom. The summed E-state index contributed by atoms with van der Waals surface area (Å²) in [5, 5.41) is 3.47. The minimum absolute atomic E-state index is 0.0636. The van der Waals surface area contributed by atoms with Crippen LogP contribution in [0.15, 0.2) is 48.5 Å². The standard InChI is InChI=1S/C16H15ClFNOS/c17-14-5-1-4-13(7-14)10-21-11-16(20)19-9-12-3-2-6-15(18)8-12/h1-8H,9-11H2,(H,19,20). The number of benzene rings is 2. The van der Waals surface area contributed by atoms with Gasteiger partial charge in [-0.2, -0.15) is 0 Å². The third kappa shape index (κ3) is 5.78. The molecule has 0 atom stereocenters. The van der Waals surface area contributed by atoms with Gasteiger partial charge in [0.1, 0.15) is 5.82 Å². The largest absolute Gasteiger partial charge is 0.351 e. The van der Waals surface area contributed by atoms with Crippen LogP contribution < -0.4 is 5.32 Å². The lowest BCUT2D eigenvalue weighted by Gasteiger charge is -2.06. The van der Waals surface area contributed by atoms with Gasteiger partial charge >= 0.3 is 0 Å². The first-order valence-electron chi connectivity index (χ1n) is 6.47. The molecule has 0 aromatic heterocycles. The molecular formula is C16H15ClFNOS. The smallest absolute Gasteiger partial charge is 0.230 e. The van der Waals surface area contributed by atoms with Crippen LogP contribution in [0, 0.1) is 5.82 Å². The van der Waals surface area contributed by atoms with Gasteiger partial charge in [-0.1, -0.05) is 35.9 Å². The van der Waals surface area contributed by atoms with Crippen molar-refractivity contribution in [1.29, 1.82) is 0 Å². The van der Waals surface area contributed by atoms with Crippen LogP contribution in [0.5, 0.6) is 0 Å². The lowest BCUT2D eigenvalue weighted by molar-refractivity contribution is -0.118. The second-order valence-electron chi connectivity index (χ2n) is 4.53. The van der Waals surface area contributed by atoms with E-state index in [1.807, 2.05) is 24.3 Å². The maximum atomic E-state index is 13.0. The SMILES string of the molecule is O=C(CSCc1cccc(Cl)c1)NCc1cccc(F)c1. The third-order valence-electron chi connectivity index (χ3n) is 2.77. The molecule has 0 saturated carbocycles. The number of halogens is 2. The fourth-order valence-corrected chi connectivity index (χ4v) is 2.80. The van der Waals surface area contributed by atoms with Crippen LogP contribution in [0.25, 0.3) is 0 Å². The molecule has 0 unspecified atom stereocenters. The molecule has 2 nitrogen and oxygen atoms in total. The summed E-state index contributed by atoms with van der Waals surface area (Å²) in [6, 6.07) is 13.8. The highest BCUT2D eigenvalue weighted by Crippen LogP contribution is 2.16. The molecule has 5 heteroatoms. The van der Waals surface area contributed by atoms with E-state index in [4.69, 9.17) is 11.6 Å². The Labute approximate surface area is 132 Å². The molecule has 21 heavy (non-hydrogen) atoms. The summed E-state index contributed by atoms with van der Waals surface area (Å²) in [6.07, 6.45) is 0. The summed E-state index contributed by atoms with van der Waals surface area (Å²) in [4.78, 5) is 11.7. The van der Waals surface area contributed by atoms with Crippen LogP contribution in [-0.4, -0.2) is 11.7 Å². The van der Waals surface area contributed by atoms with E-state index in [-0.39, 0.29) is 11.7 Å². The number of amides is 1. The zero-order valence-corrected chi connectivity index (χ0v) is 12.9. The first kappa shape index (κ1) is 15.9. The highest BCUT2D eigenvalue weighted by molar-refractivity contribution is 7.99. The van der Waals surface area contributed by atoms with Crippen molar-refractivity contribution >= 4 is 29.3 Å². The maximum absolute atomic E-state index is 13.0. The summed E-state index contributed by atoms with van der Waals surface area (Å²) < 4.78 is 13.0. The second kappa shape index (κ2) is 8.05. The lowest BCUT2D eigenvalue weighted by atomic mass is 10.2. The molecule has 0 aliphatic heterocycles. The van der Waals surface area contributed by atoms with Gasteiger partial charge in [0.05, 0.1) is 5.75 Å². The van der Waals surface area contributed by atoms with Gasteiger partial charge in [-0.3, -0.25) is 4.79 Å². The Bertz CT molecular complexity index is 621. The fraction of sp³-hybridized carbons (Fsp3) is 0.188. The van der Waals surface area contributed by atoms with E-state index in [1.165, 1.54) is 23.9 Å². The van der Waals surface area contributed by atoms with Gasteiger partial charge in [-0.25, -0.2) is 4.39 Å². The van der Waals surface area contributed by atoms with E-state index < -0.39 is 0 Å².